The highest BCUT2D eigenvalue weighted by Gasteiger charge is 2.40. The van der Waals surface area contributed by atoms with Gasteiger partial charge in [-0.2, -0.15) is 0 Å². The zero-order valence-corrected chi connectivity index (χ0v) is 13.2. The Bertz CT molecular complexity index is 259. The molecule has 0 unspecified atom stereocenters. The summed E-state index contributed by atoms with van der Waals surface area (Å²) in [5, 5.41) is 0. The van der Waals surface area contributed by atoms with Gasteiger partial charge in [0.1, 0.15) is 0 Å². The van der Waals surface area contributed by atoms with Gasteiger partial charge in [-0.3, -0.25) is 9.80 Å². The third-order valence-corrected chi connectivity index (χ3v) is 5.59. The molecule has 1 saturated heterocycles. The van der Waals surface area contributed by atoms with E-state index in [1.807, 2.05) is 0 Å². The van der Waals surface area contributed by atoms with E-state index in [-0.39, 0.29) is 6.35 Å². The van der Waals surface area contributed by atoms with Crippen LogP contribution in [0.25, 0.3) is 0 Å². The van der Waals surface area contributed by atoms with Crippen molar-refractivity contribution in [3.05, 3.63) is 0 Å². The Morgan fingerprint density at radius 2 is 1.20 bits per heavy atom. The van der Waals surface area contributed by atoms with Gasteiger partial charge in [0.05, 0.1) is 0 Å². The first-order valence-electron chi connectivity index (χ1n) is 9.03. The molecule has 3 fully saturated rings. The van der Waals surface area contributed by atoms with E-state index in [0.29, 0.717) is 0 Å². The molecule has 2 saturated carbocycles. The first-order valence-corrected chi connectivity index (χ1v) is 9.03. The third-order valence-electron chi connectivity index (χ3n) is 5.59. The summed E-state index contributed by atoms with van der Waals surface area (Å²) < 4.78 is 6.19. The van der Waals surface area contributed by atoms with E-state index in [1.54, 1.807) is 0 Å². The second-order valence-corrected chi connectivity index (χ2v) is 6.84. The minimum absolute atomic E-state index is 0.284. The summed E-state index contributed by atoms with van der Waals surface area (Å²) in [7, 11) is 0. The van der Waals surface area contributed by atoms with Crippen LogP contribution >= 0.6 is 0 Å². The normalized spacial score (nSPS) is 29.2. The average molecular weight is 280 g/mol. The lowest BCUT2D eigenvalue weighted by molar-refractivity contribution is -0.139. The molecule has 0 atom stereocenters. The molecule has 0 aromatic rings. The summed E-state index contributed by atoms with van der Waals surface area (Å²) in [4.78, 5) is 5.38. The van der Waals surface area contributed by atoms with Crippen molar-refractivity contribution < 1.29 is 4.74 Å². The van der Waals surface area contributed by atoms with Gasteiger partial charge in [-0.25, -0.2) is 0 Å². The Labute approximate surface area is 124 Å². The predicted octanol–water partition coefficient (Wildman–Crippen LogP) is 3.59. The SMILES string of the molecule is CCOC1N(C2CCCCC2)CCN1C1CCCCC1. The van der Waals surface area contributed by atoms with E-state index in [0.717, 1.165) is 18.7 Å². The predicted molar refractivity (Wildman–Crippen MR) is 82.6 cm³/mol. The van der Waals surface area contributed by atoms with Gasteiger partial charge in [0.25, 0.3) is 0 Å². The monoisotopic (exact) mass is 280 g/mol. The van der Waals surface area contributed by atoms with Crippen molar-refractivity contribution in [3.63, 3.8) is 0 Å². The molecule has 0 aromatic heterocycles. The summed E-state index contributed by atoms with van der Waals surface area (Å²) in [5.74, 6) is 0. The molecular weight excluding hydrogens is 248 g/mol. The zero-order chi connectivity index (χ0) is 13.8. The number of ether oxygens (including phenoxy) is 1. The zero-order valence-electron chi connectivity index (χ0n) is 13.2. The molecule has 3 rings (SSSR count). The topological polar surface area (TPSA) is 15.7 Å². The van der Waals surface area contributed by atoms with Crippen molar-refractivity contribution in [2.24, 2.45) is 0 Å². The van der Waals surface area contributed by atoms with Crippen molar-refractivity contribution in [1.29, 1.82) is 0 Å². The van der Waals surface area contributed by atoms with Crippen LogP contribution in [-0.2, 0) is 4.74 Å². The fourth-order valence-electron chi connectivity index (χ4n) is 4.53. The maximum absolute atomic E-state index is 6.19. The molecular formula is C17H32N2O. The third kappa shape index (κ3) is 3.20. The Morgan fingerprint density at radius 3 is 1.60 bits per heavy atom. The van der Waals surface area contributed by atoms with E-state index in [9.17, 15) is 0 Å². The molecule has 3 heteroatoms. The fourth-order valence-corrected chi connectivity index (χ4v) is 4.53. The van der Waals surface area contributed by atoms with E-state index in [4.69, 9.17) is 4.74 Å². The van der Waals surface area contributed by atoms with Crippen LogP contribution in [0.1, 0.15) is 71.1 Å². The smallest absolute Gasteiger partial charge is 0.169 e. The van der Waals surface area contributed by atoms with Crippen LogP contribution in [0.2, 0.25) is 0 Å². The number of rotatable bonds is 4. The summed E-state index contributed by atoms with van der Waals surface area (Å²) in [6.07, 6.45) is 14.4. The van der Waals surface area contributed by atoms with E-state index >= 15 is 0 Å². The summed E-state index contributed by atoms with van der Waals surface area (Å²) in [6, 6.07) is 1.57. The van der Waals surface area contributed by atoms with Crippen LogP contribution in [0.3, 0.4) is 0 Å². The van der Waals surface area contributed by atoms with Crippen LogP contribution in [0.5, 0.6) is 0 Å². The van der Waals surface area contributed by atoms with Crippen molar-refractivity contribution in [2.75, 3.05) is 19.7 Å². The van der Waals surface area contributed by atoms with Crippen molar-refractivity contribution in [2.45, 2.75) is 89.6 Å². The Kier molecular flexibility index (Phi) is 5.36. The van der Waals surface area contributed by atoms with Gasteiger partial charge < -0.3 is 4.74 Å². The second kappa shape index (κ2) is 7.24. The number of nitrogens with zero attached hydrogens (tertiary/aromatic N) is 2. The molecule has 3 aliphatic rings. The Balaban J connectivity index is 1.65. The molecule has 2 aliphatic carbocycles. The summed E-state index contributed by atoms with van der Waals surface area (Å²) >= 11 is 0. The van der Waals surface area contributed by atoms with Gasteiger partial charge in [0.2, 0.25) is 0 Å². The Hall–Kier alpha value is -0.120. The van der Waals surface area contributed by atoms with Crippen LogP contribution in [0.15, 0.2) is 0 Å². The highest BCUT2D eigenvalue weighted by Crippen LogP contribution is 2.32. The molecule has 1 heterocycles. The molecule has 116 valence electrons. The quantitative estimate of drug-likeness (QED) is 0.782. The van der Waals surface area contributed by atoms with Crippen molar-refractivity contribution >= 4 is 0 Å². The van der Waals surface area contributed by atoms with Gasteiger partial charge >= 0.3 is 0 Å². The first kappa shape index (κ1) is 14.8. The number of hydrogen-bond acceptors (Lipinski definition) is 3. The summed E-state index contributed by atoms with van der Waals surface area (Å²) in [6.45, 7) is 5.45. The molecule has 0 spiro atoms. The van der Waals surface area contributed by atoms with Gasteiger partial charge in [-0.05, 0) is 32.6 Å². The lowest BCUT2D eigenvalue weighted by Gasteiger charge is -2.40. The average Bonchev–Trinajstić information content (AvgIpc) is 2.93. The second-order valence-electron chi connectivity index (χ2n) is 6.84. The number of hydrogen-bond donors (Lipinski definition) is 0. The standard InChI is InChI=1S/C17H32N2O/c1-2-20-17-18(15-9-5-3-6-10-15)13-14-19(17)16-11-7-4-8-12-16/h15-17H,2-14H2,1H3. The lowest BCUT2D eigenvalue weighted by atomic mass is 9.94. The molecule has 0 N–H and O–H groups in total. The maximum atomic E-state index is 6.19. The highest BCUT2D eigenvalue weighted by atomic mass is 16.5. The van der Waals surface area contributed by atoms with Gasteiger partial charge in [-0.1, -0.05) is 38.5 Å². The van der Waals surface area contributed by atoms with Crippen LogP contribution in [0.4, 0.5) is 0 Å². The molecule has 0 aromatic carbocycles. The largest absolute Gasteiger partial charge is 0.350 e. The van der Waals surface area contributed by atoms with Crippen LogP contribution < -0.4 is 0 Å². The van der Waals surface area contributed by atoms with E-state index in [2.05, 4.69) is 16.7 Å². The van der Waals surface area contributed by atoms with Gasteiger partial charge in [-0.15, -0.1) is 0 Å². The van der Waals surface area contributed by atoms with Gasteiger partial charge in [0, 0.05) is 31.8 Å². The van der Waals surface area contributed by atoms with Gasteiger partial charge in [0.15, 0.2) is 6.35 Å². The van der Waals surface area contributed by atoms with Crippen LogP contribution in [-0.4, -0.2) is 47.9 Å². The fraction of sp³-hybridized carbons (Fsp3) is 1.00. The summed E-state index contributed by atoms with van der Waals surface area (Å²) in [5.41, 5.74) is 0. The maximum Gasteiger partial charge on any atom is 0.169 e. The first-order chi connectivity index (χ1) is 9.90. The minimum atomic E-state index is 0.284. The molecule has 0 amide bonds. The lowest BCUT2D eigenvalue weighted by Crippen LogP contribution is -2.50. The molecule has 20 heavy (non-hydrogen) atoms. The van der Waals surface area contributed by atoms with Crippen molar-refractivity contribution in [3.8, 4) is 0 Å². The van der Waals surface area contributed by atoms with E-state index in [1.165, 1.54) is 77.3 Å². The Morgan fingerprint density at radius 1 is 0.750 bits per heavy atom. The van der Waals surface area contributed by atoms with Crippen molar-refractivity contribution in [1.82, 2.24) is 9.80 Å². The minimum Gasteiger partial charge on any atom is -0.350 e. The highest BCUT2D eigenvalue weighted by molar-refractivity contribution is 4.88. The van der Waals surface area contributed by atoms with Crippen LogP contribution in [0, 0.1) is 0 Å². The molecule has 1 aliphatic heterocycles. The molecule has 0 bridgehead atoms. The van der Waals surface area contributed by atoms with E-state index < -0.39 is 0 Å². The molecule has 3 nitrogen and oxygen atoms in total. The molecule has 0 radical (unpaired) electrons.